The highest BCUT2D eigenvalue weighted by Crippen LogP contribution is 2.52. The Bertz CT molecular complexity index is 666. The molecule has 1 fully saturated rings. The first-order chi connectivity index (χ1) is 8.97. The molecule has 1 N–H and O–H groups in total. The molecule has 0 radical (unpaired) electrons. The first-order valence-corrected chi connectivity index (χ1v) is 7.12. The van der Waals surface area contributed by atoms with Crippen molar-refractivity contribution in [1.29, 1.82) is 0 Å². The maximum atomic E-state index is 12.2. The molecule has 1 heterocycles. The van der Waals surface area contributed by atoms with Gasteiger partial charge in [-0.25, -0.2) is 0 Å². The molecule has 19 heavy (non-hydrogen) atoms. The molecule has 1 atom stereocenters. The molecule has 0 spiro atoms. The van der Waals surface area contributed by atoms with E-state index in [4.69, 9.17) is 0 Å². The summed E-state index contributed by atoms with van der Waals surface area (Å²) in [6.07, 6.45) is 2.71. The predicted octanol–water partition coefficient (Wildman–Crippen LogP) is 3.98. The summed E-state index contributed by atoms with van der Waals surface area (Å²) in [5.74, 6) is 0.223. The number of anilines is 1. The van der Waals surface area contributed by atoms with Crippen molar-refractivity contribution < 1.29 is 4.79 Å². The number of amides is 1. The fourth-order valence-corrected chi connectivity index (χ4v) is 2.72. The topological polar surface area (TPSA) is 42.0 Å². The summed E-state index contributed by atoms with van der Waals surface area (Å²) in [5, 5.41) is 4.02. The monoisotopic (exact) mass is 318 g/mol. The molecule has 4 heteroatoms. The van der Waals surface area contributed by atoms with Gasteiger partial charge in [0.1, 0.15) is 0 Å². The third-order valence-electron chi connectivity index (χ3n) is 3.77. The first kappa shape index (κ1) is 12.6. The average molecular weight is 319 g/mol. The number of aromatic nitrogens is 1. The first-order valence-electron chi connectivity index (χ1n) is 6.32. The van der Waals surface area contributed by atoms with Gasteiger partial charge < -0.3 is 5.32 Å². The molecular formula is C15H15BrN2O. The van der Waals surface area contributed by atoms with E-state index in [-0.39, 0.29) is 17.2 Å². The average Bonchev–Trinajstić information content (AvgIpc) is 2.98. The van der Waals surface area contributed by atoms with Crippen LogP contribution in [0.4, 0.5) is 5.69 Å². The van der Waals surface area contributed by atoms with Gasteiger partial charge in [0, 0.05) is 22.0 Å². The molecule has 1 aromatic carbocycles. The van der Waals surface area contributed by atoms with Gasteiger partial charge >= 0.3 is 0 Å². The number of fused-ring (bicyclic) bond motifs is 1. The lowest BCUT2D eigenvalue weighted by Gasteiger charge is -2.09. The van der Waals surface area contributed by atoms with Crippen molar-refractivity contribution >= 4 is 38.4 Å². The Morgan fingerprint density at radius 3 is 2.89 bits per heavy atom. The number of pyridine rings is 1. The van der Waals surface area contributed by atoms with E-state index < -0.39 is 0 Å². The molecule has 0 bridgehead atoms. The van der Waals surface area contributed by atoms with Gasteiger partial charge in [0.2, 0.25) is 5.91 Å². The van der Waals surface area contributed by atoms with E-state index in [1.54, 1.807) is 6.20 Å². The van der Waals surface area contributed by atoms with Crippen LogP contribution in [0.1, 0.15) is 20.3 Å². The number of benzene rings is 1. The predicted molar refractivity (Wildman–Crippen MR) is 80.0 cm³/mol. The molecule has 1 aromatic heterocycles. The van der Waals surface area contributed by atoms with Crippen molar-refractivity contribution in [3.05, 3.63) is 34.9 Å². The SMILES string of the molecule is CC1(C)CC1C(=O)Nc1cccc2cc(Br)cnc12. The van der Waals surface area contributed by atoms with Crippen LogP contribution in [0.2, 0.25) is 0 Å². The minimum atomic E-state index is 0.0993. The van der Waals surface area contributed by atoms with Gasteiger partial charge in [-0.15, -0.1) is 0 Å². The second kappa shape index (κ2) is 4.30. The van der Waals surface area contributed by atoms with Crippen molar-refractivity contribution in [2.45, 2.75) is 20.3 Å². The highest BCUT2D eigenvalue weighted by Gasteiger charge is 2.50. The molecule has 1 amide bonds. The molecule has 1 aliphatic rings. The van der Waals surface area contributed by atoms with Gasteiger partial charge in [-0.05, 0) is 39.9 Å². The summed E-state index contributed by atoms with van der Waals surface area (Å²) < 4.78 is 0.937. The smallest absolute Gasteiger partial charge is 0.228 e. The van der Waals surface area contributed by atoms with Crippen LogP contribution in [-0.2, 0) is 4.79 Å². The lowest BCUT2D eigenvalue weighted by molar-refractivity contribution is -0.117. The Hall–Kier alpha value is -1.42. The zero-order valence-electron chi connectivity index (χ0n) is 10.9. The number of hydrogen-bond acceptors (Lipinski definition) is 2. The maximum Gasteiger partial charge on any atom is 0.228 e. The van der Waals surface area contributed by atoms with Gasteiger partial charge in [-0.2, -0.15) is 0 Å². The van der Waals surface area contributed by atoms with E-state index in [1.807, 2.05) is 24.3 Å². The summed E-state index contributed by atoms with van der Waals surface area (Å²) in [6, 6.07) is 7.82. The molecule has 1 unspecified atom stereocenters. The number of carbonyl (C=O) groups is 1. The van der Waals surface area contributed by atoms with Crippen LogP contribution in [0, 0.1) is 11.3 Å². The minimum absolute atomic E-state index is 0.0993. The van der Waals surface area contributed by atoms with Gasteiger partial charge in [-0.3, -0.25) is 9.78 Å². The number of nitrogens with zero attached hydrogens (tertiary/aromatic N) is 1. The number of halogens is 1. The van der Waals surface area contributed by atoms with Crippen LogP contribution in [0.5, 0.6) is 0 Å². The third-order valence-corrected chi connectivity index (χ3v) is 4.20. The second-order valence-electron chi connectivity index (χ2n) is 5.77. The van der Waals surface area contributed by atoms with Crippen molar-refractivity contribution in [2.75, 3.05) is 5.32 Å². The third kappa shape index (κ3) is 2.37. The van der Waals surface area contributed by atoms with Crippen molar-refractivity contribution in [1.82, 2.24) is 4.98 Å². The molecule has 3 nitrogen and oxygen atoms in total. The maximum absolute atomic E-state index is 12.2. The summed E-state index contributed by atoms with van der Waals surface area (Å²) in [4.78, 5) is 16.5. The fraction of sp³-hybridized carbons (Fsp3) is 0.333. The highest BCUT2D eigenvalue weighted by atomic mass is 79.9. The van der Waals surface area contributed by atoms with Crippen molar-refractivity contribution in [3.63, 3.8) is 0 Å². The normalized spacial score (nSPS) is 20.3. The van der Waals surface area contributed by atoms with E-state index >= 15 is 0 Å². The lowest BCUT2D eigenvalue weighted by atomic mass is 10.1. The Balaban J connectivity index is 1.91. The van der Waals surface area contributed by atoms with Crippen molar-refractivity contribution in [2.24, 2.45) is 11.3 Å². The van der Waals surface area contributed by atoms with E-state index in [1.165, 1.54) is 0 Å². The van der Waals surface area contributed by atoms with Crippen molar-refractivity contribution in [3.8, 4) is 0 Å². The number of rotatable bonds is 2. The Kier molecular flexibility index (Phi) is 2.86. The second-order valence-corrected chi connectivity index (χ2v) is 6.68. The molecule has 1 aliphatic carbocycles. The fourth-order valence-electron chi connectivity index (χ4n) is 2.37. The minimum Gasteiger partial charge on any atom is -0.324 e. The molecular weight excluding hydrogens is 304 g/mol. The summed E-state index contributed by atoms with van der Waals surface area (Å²) in [5.41, 5.74) is 1.76. The number of carbonyl (C=O) groups excluding carboxylic acids is 1. The zero-order chi connectivity index (χ0) is 13.6. The number of hydrogen-bond donors (Lipinski definition) is 1. The Morgan fingerprint density at radius 1 is 1.47 bits per heavy atom. The summed E-state index contributed by atoms with van der Waals surface area (Å²) in [6.45, 7) is 4.24. The summed E-state index contributed by atoms with van der Waals surface area (Å²) in [7, 11) is 0. The highest BCUT2D eigenvalue weighted by molar-refractivity contribution is 9.10. The van der Waals surface area contributed by atoms with Gasteiger partial charge in [-0.1, -0.05) is 26.0 Å². The van der Waals surface area contributed by atoms with Gasteiger partial charge in [0.15, 0.2) is 0 Å². The van der Waals surface area contributed by atoms with Crippen LogP contribution in [0.25, 0.3) is 10.9 Å². The van der Waals surface area contributed by atoms with E-state index in [0.717, 1.165) is 27.5 Å². The van der Waals surface area contributed by atoms with Crippen LogP contribution >= 0.6 is 15.9 Å². The number of nitrogens with one attached hydrogen (secondary N) is 1. The van der Waals surface area contributed by atoms with Crippen LogP contribution in [0.3, 0.4) is 0 Å². The molecule has 1 saturated carbocycles. The van der Waals surface area contributed by atoms with E-state index in [9.17, 15) is 4.79 Å². The van der Waals surface area contributed by atoms with Crippen LogP contribution in [0.15, 0.2) is 34.9 Å². The molecule has 0 saturated heterocycles. The zero-order valence-corrected chi connectivity index (χ0v) is 12.5. The van der Waals surface area contributed by atoms with Gasteiger partial charge in [0.05, 0.1) is 11.2 Å². The van der Waals surface area contributed by atoms with Crippen LogP contribution in [-0.4, -0.2) is 10.9 Å². The van der Waals surface area contributed by atoms with E-state index in [0.29, 0.717) is 0 Å². The van der Waals surface area contributed by atoms with E-state index in [2.05, 4.69) is 40.1 Å². The summed E-state index contributed by atoms with van der Waals surface area (Å²) >= 11 is 3.41. The lowest BCUT2D eigenvalue weighted by Crippen LogP contribution is -2.16. The van der Waals surface area contributed by atoms with Gasteiger partial charge in [0.25, 0.3) is 0 Å². The molecule has 2 aromatic rings. The standard InChI is InChI=1S/C15H15BrN2O/c1-15(2)7-11(15)14(19)18-12-5-3-4-9-6-10(16)8-17-13(9)12/h3-6,8,11H,7H2,1-2H3,(H,18,19). The Labute approximate surface area is 120 Å². The van der Waals surface area contributed by atoms with Crippen LogP contribution < -0.4 is 5.32 Å². The number of para-hydroxylation sites is 1. The Morgan fingerprint density at radius 2 is 2.21 bits per heavy atom. The molecule has 98 valence electrons. The quantitative estimate of drug-likeness (QED) is 0.910. The largest absolute Gasteiger partial charge is 0.324 e. The molecule has 0 aliphatic heterocycles. The molecule has 3 rings (SSSR count).